The van der Waals surface area contributed by atoms with Crippen LogP contribution >= 0.6 is 0 Å². The fraction of sp³-hybridized carbons (Fsp3) is 0.182. The molecule has 8 heteroatoms. The van der Waals surface area contributed by atoms with Gasteiger partial charge in [-0.1, -0.05) is 6.07 Å². The molecule has 5 nitrogen and oxygen atoms in total. The molecule has 0 aliphatic carbocycles. The second-order valence-electron chi connectivity index (χ2n) is 3.85. The quantitative estimate of drug-likeness (QED) is 0.927. The number of hydrogen-bond donors (Lipinski definition) is 1. The fourth-order valence-corrected chi connectivity index (χ4v) is 2.80. The van der Waals surface area contributed by atoms with Gasteiger partial charge in [-0.25, -0.2) is 22.2 Å². The van der Waals surface area contributed by atoms with Gasteiger partial charge in [0, 0.05) is 19.4 Å². The van der Waals surface area contributed by atoms with Crippen molar-refractivity contribution in [3.05, 3.63) is 48.1 Å². The van der Waals surface area contributed by atoms with Crippen LogP contribution in [0.4, 0.5) is 8.78 Å². The Morgan fingerprint density at radius 3 is 2.47 bits per heavy atom. The van der Waals surface area contributed by atoms with E-state index in [1.165, 1.54) is 19.4 Å². The molecule has 1 aromatic heterocycles. The normalized spacial score (nSPS) is 12.0. The Morgan fingerprint density at radius 1 is 1.32 bits per heavy atom. The van der Waals surface area contributed by atoms with Crippen molar-refractivity contribution in [3.8, 4) is 0 Å². The van der Waals surface area contributed by atoms with Crippen LogP contribution in [-0.4, -0.2) is 29.7 Å². The van der Waals surface area contributed by atoms with Crippen LogP contribution < -0.4 is 0 Å². The molecule has 1 N–H and O–H groups in total. The van der Waals surface area contributed by atoms with Crippen molar-refractivity contribution >= 4 is 10.0 Å². The van der Waals surface area contributed by atoms with E-state index in [1.54, 1.807) is 0 Å². The Bertz CT molecular complexity index is 651. The number of aromatic nitrogens is 2. The van der Waals surface area contributed by atoms with Crippen molar-refractivity contribution in [1.29, 1.82) is 0 Å². The number of hydrogen-bond acceptors (Lipinski definition) is 3. The third kappa shape index (κ3) is 2.64. The van der Waals surface area contributed by atoms with Crippen LogP contribution in [0.3, 0.4) is 0 Å². The van der Waals surface area contributed by atoms with Gasteiger partial charge in [-0.05, 0) is 12.1 Å². The number of nitrogens with one attached hydrogen (secondary N) is 1. The molecule has 1 heterocycles. The first-order valence-corrected chi connectivity index (χ1v) is 6.75. The van der Waals surface area contributed by atoms with Gasteiger partial charge in [-0.2, -0.15) is 4.31 Å². The zero-order valence-corrected chi connectivity index (χ0v) is 10.8. The first kappa shape index (κ1) is 13.6. The highest BCUT2D eigenvalue weighted by Crippen LogP contribution is 2.22. The standard InChI is InChI=1S/C11H11F2N3O2S/c1-16(7-10-14-5-6-15-10)19(17,18)11-8(12)3-2-4-9(11)13/h2-6H,7H2,1H3,(H,14,15). The third-order valence-corrected chi connectivity index (χ3v) is 4.37. The first-order chi connectivity index (χ1) is 8.93. The van der Waals surface area contributed by atoms with E-state index in [0.29, 0.717) is 5.82 Å². The maximum atomic E-state index is 13.5. The highest BCUT2D eigenvalue weighted by Gasteiger charge is 2.28. The zero-order valence-electron chi connectivity index (χ0n) is 9.97. The number of sulfonamides is 1. The van der Waals surface area contributed by atoms with E-state index in [4.69, 9.17) is 0 Å². The Hall–Kier alpha value is -1.80. The molecule has 0 aliphatic heterocycles. The minimum atomic E-state index is -4.25. The summed E-state index contributed by atoms with van der Waals surface area (Å²) in [6.07, 6.45) is 2.99. The maximum Gasteiger partial charge on any atom is 0.249 e. The van der Waals surface area contributed by atoms with Crippen LogP contribution in [0.25, 0.3) is 0 Å². The lowest BCUT2D eigenvalue weighted by atomic mass is 10.3. The molecule has 0 saturated carbocycles. The molecule has 0 amide bonds. The van der Waals surface area contributed by atoms with Gasteiger partial charge in [0.05, 0.1) is 6.54 Å². The van der Waals surface area contributed by atoms with Crippen molar-refractivity contribution in [1.82, 2.24) is 14.3 Å². The number of aromatic amines is 1. The summed E-state index contributed by atoms with van der Waals surface area (Å²) >= 11 is 0. The molecule has 0 saturated heterocycles. The van der Waals surface area contributed by atoms with E-state index in [1.807, 2.05) is 0 Å². The van der Waals surface area contributed by atoms with Gasteiger partial charge >= 0.3 is 0 Å². The summed E-state index contributed by atoms with van der Waals surface area (Å²) in [5.41, 5.74) is 0. The minimum absolute atomic E-state index is 0.108. The Labute approximate surface area is 108 Å². The molecule has 102 valence electrons. The molecule has 0 atom stereocenters. The van der Waals surface area contributed by atoms with Gasteiger partial charge in [0.15, 0.2) is 4.90 Å². The lowest BCUT2D eigenvalue weighted by molar-refractivity contribution is 0.441. The van der Waals surface area contributed by atoms with E-state index in [9.17, 15) is 17.2 Å². The smallest absolute Gasteiger partial charge is 0.249 e. The van der Waals surface area contributed by atoms with Gasteiger partial charge in [-0.3, -0.25) is 0 Å². The molecular formula is C11H11F2N3O2S. The molecule has 2 rings (SSSR count). The second kappa shape index (κ2) is 5.06. The topological polar surface area (TPSA) is 66.1 Å². The third-order valence-electron chi connectivity index (χ3n) is 2.51. The van der Waals surface area contributed by atoms with Gasteiger partial charge in [-0.15, -0.1) is 0 Å². The number of H-pyrrole nitrogens is 1. The van der Waals surface area contributed by atoms with Gasteiger partial charge in [0.25, 0.3) is 0 Å². The lowest BCUT2D eigenvalue weighted by Gasteiger charge is -2.16. The highest BCUT2D eigenvalue weighted by atomic mass is 32.2. The number of halogens is 2. The summed E-state index contributed by atoms with van der Waals surface area (Å²) in [5.74, 6) is -1.86. The Kier molecular flexibility index (Phi) is 3.63. The monoisotopic (exact) mass is 287 g/mol. The summed E-state index contributed by atoms with van der Waals surface area (Å²) in [6.45, 7) is -0.108. The lowest BCUT2D eigenvalue weighted by Crippen LogP contribution is -2.28. The number of imidazole rings is 1. The predicted octanol–water partition coefficient (Wildman–Crippen LogP) is 1.51. The molecule has 0 radical (unpaired) electrons. The predicted molar refractivity (Wildman–Crippen MR) is 63.6 cm³/mol. The van der Waals surface area contributed by atoms with Crippen molar-refractivity contribution in [2.75, 3.05) is 7.05 Å². The molecular weight excluding hydrogens is 276 g/mol. The summed E-state index contributed by atoms with van der Waals surface area (Å²) < 4.78 is 52.1. The average molecular weight is 287 g/mol. The minimum Gasteiger partial charge on any atom is -0.347 e. The van der Waals surface area contributed by atoms with E-state index in [2.05, 4.69) is 9.97 Å². The van der Waals surface area contributed by atoms with E-state index < -0.39 is 26.6 Å². The molecule has 0 fully saturated rings. The molecule has 19 heavy (non-hydrogen) atoms. The van der Waals surface area contributed by atoms with Crippen LogP contribution in [0.1, 0.15) is 5.82 Å². The molecule has 2 aromatic rings. The Morgan fingerprint density at radius 2 is 1.95 bits per heavy atom. The van der Waals surface area contributed by atoms with Gasteiger partial charge in [0.1, 0.15) is 17.5 Å². The summed E-state index contributed by atoms with van der Waals surface area (Å²) in [4.78, 5) is 5.62. The van der Waals surface area contributed by atoms with E-state index >= 15 is 0 Å². The maximum absolute atomic E-state index is 13.5. The SMILES string of the molecule is CN(Cc1ncc[nH]1)S(=O)(=O)c1c(F)cccc1F. The molecule has 0 unspecified atom stereocenters. The van der Waals surface area contributed by atoms with E-state index in [-0.39, 0.29) is 6.54 Å². The number of rotatable bonds is 4. The molecule has 0 spiro atoms. The summed E-state index contributed by atoms with van der Waals surface area (Å²) in [7, 11) is -3.03. The number of nitrogens with zero attached hydrogens (tertiary/aromatic N) is 2. The van der Waals surface area contributed by atoms with Crippen LogP contribution in [-0.2, 0) is 16.6 Å². The van der Waals surface area contributed by atoms with Gasteiger partial charge in [0.2, 0.25) is 10.0 Å². The van der Waals surface area contributed by atoms with Crippen LogP contribution in [0, 0.1) is 11.6 Å². The van der Waals surface area contributed by atoms with Crippen molar-refractivity contribution in [3.63, 3.8) is 0 Å². The van der Waals surface area contributed by atoms with Crippen LogP contribution in [0.5, 0.6) is 0 Å². The molecule has 0 aliphatic rings. The van der Waals surface area contributed by atoms with E-state index in [0.717, 1.165) is 22.5 Å². The van der Waals surface area contributed by atoms with Crippen molar-refractivity contribution in [2.45, 2.75) is 11.4 Å². The molecule has 0 bridgehead atoms. The Balaban J connectivity index is 2.37. The number of benzene rings is 1. The fourth-order valence-electron chi connectivity index (χ4n) is 1.57. The van der Waals surface area contributed by atoms with Gasteiger partial charge < -0.3 is 4.98 Å². The van der Waals surface area contributed by atoms with Crippen LogP contribution in [0.2, 0.25) is 0 Å². The van der Waals surface area contributed by atoms with Crippen molar-refractivity contribution in [2.24, 2.45) is 0 Å². The summed E-state index contributed by atoms with van der Waals surface area (Å²) in [6, 6.07) is 2.91. The highest BCUT2D eigenvalue weighted by molar-refractivity contribution is 7.89. The largest absolute Gasteiger partial charge is 0.347 e. The second-order valence-corrected chi connectivity index (χ2v) is 5.83. The first-order valence-electron chi connectivity index (χ1n) is 5.31. The average Bonchev–Trinajstić information content (AvgIpc) is 2.81. The van der Waals surface area contributed by atoms with Crippen LogP contribution in [0.15, 0.2) is 35.5 Å². The molecule has 1 aromatic carbocycles. The van der Waals surface area contributed by atoms with Crippen molar-refractivity contribution < 1.29 is 17.2 Å². The zero-order chi connectivity index (χ0) is 14.0. The summed E-state index contributed by atoms with van der Waals surface area (Å²) in [5, 5.41) is 0.